The number of benzene rings is 2. The molecule has 0 amide bonds. The zero-order chi connectivity index (χ0) is 18.9. The highest BCUT2D eigenvalue weighted by molar-refractivity contribution is 6.31. The largest absolute Gasteiger partial charge is 0.441 e. The van der Waals surface area contributed by atoms with Crippen molar-refractivity contribution in [2.24, 2.45) is 0 Å². The van der Waals surface area contributed by atoms with E-state index in [4.69, 9.17) is 11.6 Å². The molecule has 0 N–H and O–H groups in total. The van der Waals surface area contributed by atoms with Crippen LogP contribution < -0.4 is 5.76 Å². The zero-order valence-electron chi connectivity index (χ0n) is 13.1. The molecule has 0 aliphatic carbocycles. The van der Waals surface area contributed by atoms with Gasteiger partial charge in [-0.3, -0.25) is 9.09 Å². The Morgan fingerprint density at radius 1 is 1.12 bits per heavy atom. The first-order chi connectivity index (χ1) is 12.3. The van der Waals surface area contributed by atoms with Gasteiger partial charge in [0.2, 0.25) is 0 Å². The van der Waals surface area contributed by atoms with Crippen LogP contribution in [0.5, 0.6) is 0 Å². The molecule has 0 bridgehead atoms. The van der Waals surface area contributed by atoms with Crippen molar-refractivity contribution < 1.29 is 22.1 Å². The first-order valence-electron chi connectivity index (χ1n) is 7.40. The molecular weight excluding hydrogens is 376 g/mol. The van der Waals surface area contributed by atoms with Gasteiger partial charge in [-0.15, -0.1) is 0 Å². The van der Waals surface area contributed by atoms with Crippen LogP contribution in [0.1, 0.15) is 22.5 Å². The molecule has 0 fully saturated rings. The van der Waals surface area contributed by atoms with Crippen LogP contribution in [0.3, 0.4) is 0 Å². The molecule has 9 heteroatoms. The Hall–Kier alpha value is -2.61. The Kier molecular flexibility index (Phi) is 4.86. The summed E-state index contributed by atoms with van der Waals surface area (Å²) in [5, 5.41) is 3.66. The van der Waals surface area contributed by atoms with E-state index in [1.165, 1.54) is 36.4 Å². The maximum absolute atomic E-state index is 13.9. The van der Waals surface area contributed by atoms with E-state index in [9.17, 15) is 22.4 Å². The molecule has 0 radical (unpaired) electrons. The highest BCUT2D eigenvalue weighted by Gasteiger charge is 2.33. The van der Waals surface area contributed by atoms with E-state index in [1.54, 1.807) is 0 Å². The second-order valence-electron chi connectivity index (χ2n) is 5.48. The molecule has 2 aromatic carbocycles. The molecule has 0 aliphatic rings. The van der Waals surface area contributed by atoms with Crippen molar-refractivity contribution in [1.29, 1.82) is 0 Å². The van der Waals surface area contributed by atoms with Gasteiger partial charge in [-0.05, 0) is 23.8 Å². The van der Waals surface area contributed by atoms with Crippen LogP contribution in [0.4, 0.5) is 17.6 Å². The summed E-state index contributed by atoms with van der Waals surface area (Å²) in [7, 11) is 0. The van der Waals surface area contributed by atoms with Crippen molar-refractivity contribution in [3.63, 3.8) is 0 Å². The lowest BCUT2D eigenvalue weighted by Gasteiger charge is -2.13. The van der Waals surface area contributed by atoms with Crippen molar-refractivity contribution in [2.45, 2.75) is 19.1 Å². The van der Waals surface area contributed by atoms with E-state index < -0.39 is 29.9 Å². The average molecular weight is 387 g/mol. The molecular formula is C17H11ClF4N2O2. The predicted octanol–water partition coefficient (Wildman–Crippen LogP) is 4.29. The molecule has 136 valence electrons. The summed E-state index contributed by atoms with van der Waals surface area (Å²) < 4.78 is 58.8. The van der Waals surface area contributed by atoms with Crippen LogP contribution in [0.2, 0.25) is 5.02 Å². The van der Waals surface area contributed by atoms with Crippen molar-refractivity contribution >= 4 is 11.6 Å². The number of nitrogens with zero attached hydrogens (tertiary/aromatic N) is 2. The summed E-state index contributed by atoms with van der Waals surface area (Å²) in [6.45, 7) is -0.417. The van der Waals surface area contributed by atoms with Crippen LogP contribution in [-0.2, 0) is 19.1 Å². The Balaban J connectivity index is 1.99. The molecule has 3 rings (SSSR count). The van der Waals surface area contributed by atoms with Crippen molar-refractivity contribution in [3.05, 3.63) is 86.4 Å². The molecule has 0 spiro atoms. The van der Waals surface area contributed by atoms with Gasteiger partial charge < -0.3 is 0 Å². The van der Waals surface area contributed by atoms with Crippen molar-refractivity contribution in [2.75, 3.05) is 0 Å². The maximum Gasteiger partial charge on any atom is 0.441 e. The number of hydrogen-bond acceptors (Lipinski definition) is 3. The topological polar surface area (TPSA) is 48.0 Å². The third-order valence-corrected chi connectivity index (χ3v) is 4.16. The molecule has 3 aromatic rings. The number of halogens is 5. The fraction of sp³-hybridized carbons (Fsp3) is 0.176. The molecule has 0 unspecified atom stereocenters. The fourth-order valence-electron chi connectivity index (χ4n) is 2.54. The highest BCUT2D eigenvalue weighted by Crippen LogP contribution is 2.32. The van der Waals surface area contributed by atoms with E-state index in [-0.39, 0.29) is 28.4 Å². The smallest absolute Gasteiger partial charge is 0.296 e. The lowest BCUT2D eigenvalue weighted by atomic mass is 10.1. The number of rotatable bonds is 4. The molecule has 0 atom stereocenters. The Morgan fingerprint density at radius 2 is 1.85 bits per heavy atom. The lowest BCUT2D eigenvalue weighted by Crippen LogP contribution is -2.20. The van der Waals surface area contributed by atoms with Crippen LogP contribution in [-0.4, -0.2) is 9.72 Å². The summed E-state index contributed by atoms with van der Waals surface area (Å²) in [5.74, 6) is -1.58. The fourth-order valence-corrected chi connectivity index (χ4v) is 2.77. The van der Waals surface area contributed by atoms with E-state index in [0.717, 1.165) is 10.6 Å². The second kappa shape index (κ2) is 6.95. The monoisotopic (exact) mass is 386 g/mol. The van der Waals surface area contributed by atoms with Gasteiger partial charge in [0.15, 0.2) is 5.82 Å². The normalized spacial score (nSPS) is 11.7. The Bertz CT molecular complexity index is 975. The summed E-state index contributed by atoms with van der Waals surface area (Å²) >= 11 is 5.95. The van der Waals surface area contributed by atoms with Crippen LogP contribution in [0.15, 0.2) is 51.8 Å². The van der Waals surface area contributed by atoms with Crippen LogP contribution in [0.25, 0.3) is 0 Å². The SMILES string of the molecule is O=c1onc(Cc2c(F)cccc2Cl)n1Cc1ccccc1C(F)(F)F. The average Bonchev–Trinajstić information content (AvgIpc) is 2.91. The molecule has 0 saturated heterocycles. The maximum atomic E-state index is 13.9. The third-order valence-electron chi connectivity index (χ3n) is 3.81. The van der Waals surface area contributed by atoms with Crippen LogP contribution in [0, 0.1) is 5.82 Å². The minimum Gasteiger partial charge on any atom is -0.296 e. The first kappa shape index (κ1) is 18.2. The second-order valence-corrected chi connectivity index (χ2v) is 5.89. The van der Waals surface area contributed by atoms with E-state index in [2.05, 4.69) is 9.68 Å². The van der Waals surface area contributed by atoms with E-state index in [1.807, 2.05) is 0 Å². The number of hydrogen-bond donors (Lipinski definition) is 0. The summed E-state index contributed by atoms with van der Waals surface area (Å²) in [6.07, 6.45) is -4.78. The van der Waals surface area contributed by atoms with Gasteiger partial charge in [-0.25, -0.2) is 9.18 Å². The molecule has 1 aromatic heterocycles. The predicted molar refractivity (Wildman–Crippen MR) is 85.5 cm³/mol. The quantitative estimate of drug-likeness (QED) is 0.629. The lowest BCUT2D eigenvalue weighted by molar-refractivity contribution is -0.138. The van der Waals surface area contributed by atoms with Crippen molar-refractivity contribution in [1.82, 2.24) is 9.72 Å². The van der Waals surface area contributed by atoms with E-state index in [0.29, 0.717) is 0 Å². The van der Waals surface area contributed by atoms with Gasteiger partial charge in [0.25, 0.3) is 0 Å². The zero-order valence-corrected chi connectivity index (χ0v) is 13.8. The number of aromatic nitrogens is 2. The first-order valence-corrected chi connectivity index (χ1v) is 7.78. The summed E-state index contributed by atoms with van der Waals surface area (Å²) in [6, 6.07) is 8.91. The van der Waals surface area contributed by atoms with Crippen molar-refractivity contribution in [3.8, 4) is 0 Å². The summed E-state index contributed by atoms with van der Waals surface area (Å²) in [4.78, 5) is 11.9. The molecule has 0 aliphatic heterocycles. The minimum absolute atomic E-state index is 0.0287. The number of alkyl halides is 3. The van der Waals surface area contributed by atoms with Gasteiger partial charge in [0.1, 0.15) is 5.82 Å². The molecule has 1 heterocycles. The van der Waals surface area contributed by atoms with Gasteiger partial charge >= 0.3 is 11.9 Å². The Labute approximate surface area is 149 Å². The van der Waals surface area contributed by atoms with E-state index >= 15 is 0 Å². The molecule has 0 saturated carbocycles. The van der Waals surface area contributed by atoms with Gasteiger partial charge in [0.05, 0.1) is 12.1 Å². The summed E-state index contributed by atoms with van der Waals surface area (Å²) in [5.41, 5.74) is -0.936. The minimum atomic E-state index is -4.58. The highest BCUT2D eigenvalue weighted by atomic mass is 35.5. The Morgan fingerprint density at radius 3 is 2.54 bits per heavy atom. The third kappa shape index (κ3) is 3.65. The molecule has 4 nitrogen and oxygen atoms in total. The van der Waals surface area contributed by atoms with Gasteiger partial charge in [-0.2, -0.15) is 13.2 Å². The molecule has 26 heavy (non-hydrogen) atoms. The van der Waals surface area contributed by atoms with Gasteiger partial charge in [-0.1, -0.05) is 41.0 Å². The van der Waals surface area contributed by atoms with Crippen LogP contribution >= 0.6 is 11.6 Å². The standard InChI is InChI=1S/C17H11ClF4N2O2/c18-13-6-3-7-14(19)11(13)8-15-23-26-16(25)24(15)9-10-4-1-2-5-12(10)17(20,21)22/h1-7H,8-9H2. The van der Waals surface area contributed by atoms with Gasteiger partial charge in [0, 0.05) is 17.0 Å².